The number of aliphatic hydroxyl groups excluding tert-OH is 1. The summed E-state index contributed by atoms with van der Waals surface area (Å²) in [6, 6.07) is 0. The molecule has 0 aromatic rings. The first-order chi connectivity index (χ1) is 13.9. The van der Waals surface area contributed by atoms with E-state index in [4.69, 9.17) is 14.0 Å². The lowest BCUT2D eigenvalue weighted by atomic mass is 10.0. The van der Waals surface area contributed by atoms with E-state index in [9.17, 15) is 9.90 Å². The zero-order chi connectivity index (χ0) is 24.7. The van der Waals surface area contributed by atoms with Crippen LogP contribution in [0.5, 0.6) is 0 Å². The normalized spacial score (nSPS) is 17.0. The number of aliphatic hydroxyl groups is 1. The molecule has 2 N–H and O–H groups in total. The molecule has 0 rings (SSSR count). The predicted octanol–water partition coefficient (Wildman–Crippen LogP) is 6.74. The highest BCUT2D eigenvalue weighted by Crippen LogP contribution is 2.41. The van der Waals surface area contributed by atoms with Crippen molar-refractivity contribution in [2.24, 2.45) is 0 Å². The van der Waals surface area contributed by atoms with Gasteiger partial charge in [-0.05, 0) is 55.5 Å². The predicted molar refractivity (Wildman–Crippen MR) is 136 cm³/mol. The average Bonchev–Trinajstić information content (AvgIpc) is 2.56. The number of carboxylic acid groups (broad SMARTS) is 1. The van der Waals surface area contributed by atoms with Gasteiger partial charge >= 0.3 is 5.97 Å². The summed E-state index contributed by atoms with van der Waals surface area (Å²) in [5.74, 6) is -0.778. The molecular formula is C24H50O5Si2. The molecule has 0 aliphatic heterocycles. The van der Waals surface area contributed by atoms with Crippen molar-refractivity contribution in [3.05, 3.63) is 12.2 Å². The van der Waals surface area contributed by atoms with Gasteiger partial charge in [0.1, 0.15) is 0 Å². The van der Waals surface area contributed by atoms with E-state index in [0.29, 0.717) is 19.3 Å². The second-order valence-electron chi connectivity index (χ2n) is 11.8. The van der Waals surface area contributed by atoms with Gasteiger partial charge in [0.05, 0.1) is 18.3 Å². The maximum atomic E-state index is 11.1. The molecule has 0 aromatic carbocycles. The van der Waals surface area contributed by atoms with Gasteiger partial charge in [0.15, 0.2) is 16.6 Å². The monoisotopic (exact) mass is 474 g/mol. The summed E-state index contributed by atoms with van der Waals surface area (Å²) in [7, 11) is -4.28. The Morgan fingerprint density at radius 1 is 0.968 bits per heavy atom. The third kappa shape index (κ3) is 10.3. The fourth-order valence-corrected chi connectivity index (χ4v) is 5.25. The summed E-state index contributed by atoms with van der Waals surface area (Å²) in [5, 5.41) is 20.0. The molecule has 0 amide bonds. The number of hydrogen-bond donors (Lipinski definition) is 2. The van der Waals surface area contributed by atoms with Crippen LogP contribution in [0.1, 0.15) is 80.6 Å². The van der Waals surface area contributed by atoms with Gasteiger partial charge in [-0.3, -0.25) is 4.79 Å². The zero-order valence-electron chi connectivity index (χ0n) is 22.0. The molecule has 0 saturated carbocycles. The van der Waals surface area contributed by atoms with Crippen LogP contribution in [0.4, 0.5) is 0 Å². The van der Waals surface area contributed by atoms with Crippen molar-refractivity contribution < 1.29 is 23.9 Å². The molecule has 0 aliphatic carbocycles. The topological polar surface area (TPSA) is 76.0 Å². The molecule has 0 saturated heterocycles. The summed E-state index contributed by atoms with van der Waals surface area (Å²) in [6.45, 7) is 24.1. The second-order valence-corrected chi connectivity index (χ2v) is 21.3. The second kappa shape index (κ2) is 12.1. The standard InChI is InChI=1S/C24H50O5Si2/c1-12-16-19(25)22(29-31(10,11)24(5,6)7)20(17-14-13-15-18-21(26)27)28-30(8,9)23(2,3)4/h14,17,19-20,22,25H,12-13,15-16,18H2,1-11H3,(H,26,27)/b17-14+/t19-,20+,22-/m1/s1. The maximum absolute atomic E-state index is 11.1. The summed E-state index contributed by atoms with van der Waals surface area (Å²) in [5.41, 5.74) is 0. The minimum Gasteiger partial charge on any atom is -0.481 e. The number of allylic oxidation sites excluding steroid dienone is 1. The molecule has 0 unspecified atom stereocenters. The van der Waals surface area contributed by atoms with Gasteiger partial charge in [-0.2, -0.15) is 0 Å². The van der Waals surface area contributed by atoms with E-state index in [1.807, 2.05) is 12.2 Å². The van der Waals surface area contributed by atoms with Crippen molar-refractivity contribution in [1.82, 2.24) is 0 Å². The molecule has 7 heteroatoms. The van der Waals surface area contributed by atoms with E-state index in [1.54, 1.807) is 0 Å². The van der Waals surface area contributed by atoms with Crippen molar-refractivity contribution in [2.45, 2.75) is 135 Å². The van der Waals surface area contributed by atoms with E-state index in [1.165, 1.54) is 0 Å². The van der Waals surface area contributed by atoms with Crippen LogP contribution >= 0.6 is 0 Å². The SMILES string of the molecule is CCC[C@@H](O)[C@@H](O[Si](C)(C)C(C)(C)C)[C@H](/C=C/CCCC(=O)O)O[Si](C)(C)C(C)(C)C. The van der Waals surface area contributed by atoms with Crippen LogP contribution in [-0.2, 0) is 13.6 Å². The van der Waals surface area contributed by atoms with Crippen molar-refractivity contribution in [1.29, 1.82) is 0 Å². The summed E-state index contributed by atoms with van der Waals surface area (Å²) >= 11 is 0. The third-order valence-electron chi connectivity index (χ3n) is 6.85. The van der Waals surface area contributed by atoms with Gasteiger partial charge in [-0.25, -0.2) is 0 Å². The summed E-state index contributed by atoms with van der Waals surface area (Å²) in [4.78, 5) is 10.8. The molecule has 5 nitrogen and oxygen atoms in total. The quantitative estimate of drug-likeness (QED) is 0.176. The highest BCUT2D eigenvalue weighted by Gasteiger charge is 2.45. The van der Waals surface area contributed by atoms with E-state index < -0.39 is 34.8 Å². The lowest BCUT2D eigenvalue weighted by molar-refractivity contribution is -0.137. The molecule has 184 valence electrons. The molecule has 0 aromatic heterocycles. The fourth-order valence-electron chi connectivity index (χ4n) is 2.68. The van der Waals surface area contributed by atoms with Crippen molar-refractivity contribution in [3.63, 3.8) is 0 Å². The van der Waals surface area contributed by atoms with Crippen LogP contribution in [0.15, 0.2) is 12.2 Å². The Kier molecular flexibility index (Phi) is 11.9. The van der Waals surface area contributed by atoms with Gasteiger partial charge < -0.3 is 19.1 Å². The lowest BCUT2D eigenvalue weighted by Crippen LogP contribution is -2.54. The molecule has 0 fully saturated rings. The van der Waals surface area contributed by atoms with Crippen LogP contribution in [-0.4, -0.2) is 51.1 Å². The first kappa shape index (κ1) is 30.5. The van der Waals surface area contributed by atoms with E-state index >= 15 is 0 Å². The molecule has 0 heterocycles. The highest BCUT2D eigenvalue weighted by atomic mass is 28.4. The largest absolute Gasteiger partial charge is 0.481 e. The molecule has 0 spiro atoms. The first-order valence-electron chi connectivity index (χ1n) is 11.8. The van der Waals surface area contributed by atoms with Crippen LogP contribution in [0.2, 0.25) is 36.3 Å². The van der Waals surface area contributed by atoms with Crippen LogP contribution < -0.4 is 0 Å². The Bertz CT molecular complexity index is 573. The Morgan fingerprint density at radius 2 is 1.45 bits per heavy atom. The van der Waals surface area contributed by atoms with Gasteiger partial charge in [0.25, 0.3) is 0 Å². The van der Waals surface area contributed by atoms with Crippen LogP contribution in [0, 0.1) is 0 Å². The van der Waals surface area contributed by atoms with Gasteiger partial charge in [0.2, 0.25) is 0 Å². The summed E-state index contributed by atoms with van der Waals surface area (Å²) in [6.07, 6.45) is 5.53. The maximum Gasteiger partial charge on any atom is 0.303 e. The minimum atomic E-state index is -2.15. The number of rotatable bonds is 13. The Labute approximate surface area is 193 Å². The number of unbranched alkanes of at least 4 members (excludes halogenated alkanes) is 1. The average molecular weight is 475 g/mol. The van der Waals surface area contributed by atoms with Gasteiger partial charge in [0, 0.05) is 6.42 Å². The molecule has 3 atom stereocenters. The lowest BCUT2D eigenvalue weighted by Gasteiger charge is -2.45. The van der Waals surface area contributed by atoms with Crippen molar-refractivity contribution >= 4 is 22.6 Å². The Balaban J connectivity index is 5.99. The van der Waals surface area contributed by atoms with Crippen molar-refractivity contribution in [2.75, 3.05) is 0 Å². The van der Waals surface area contributed by atoms with Crippen molar-refractivity contribution in [3.8, 4) is 0 Å². The van der Waals surface area contributed by atoms with Gasteiger partial charge in [-0.1, -0.05) is 67.0 Å². The summed E-state index contributed by atoms with van der Waals surface area (Å²) < 4.78 is 13.6. The Morgan fingerprint density at radius 3 is 1.87 bits per heavy atom. The molecule has 0 bridgehead atoms. The number of aliphatic carboxylic acids is 1. The van der Waals surface area contributed by atoms with E-state index in [2.05, 4.69) is 74.7 Å². The minimum absolute atomic E-state index is 0.0178. The van der Waals surface area contributed by atoms with Crippen LogP contribution in [0.25, 0.3) is 0 Å². The fraction of sp³-hybridized carbons (Fsp3) is 0.875. The third-order valence-corrected chi connectivity index (χ3v) is 15.8. The number of carboxylic acids is 1. The highest BCUT2D eigenvalue weighted by molar-refractivity contribution is 6.74. The Hall–Kier alpha value is -0.476. The first-order valence-corrected chi connectivity index (χ1v) is 17.6. The number of carbonyl (C=O) groups is 1. The molecule has 31 heavy (non-hydrogen) atoms. The zero-order valence-corrected chi connectivity index (χ0v) is 24.0. The molecular weight excluding hydrogens is 424 g/mol. The molecule has 0 radical (unpaired) electrons. The smallest absolute Gasteiger partial charge is 0.303 e. The van der Waals surface area contributed by atoms with E-state index in [0.717, 1.165) is 6.42 Å². The van der Waals surface area contributed by atoms with Crippen LogP contribution in [0.3, 0.4) is 0 Å². The van der Waals surface area contributed by atoms with Gasteiger partial charge in [-0.15, -0.1) is 0 Å². The van der Waals surface area contributed by atoms with E-state index in [-0.39, 0.29) is 22.6 Å². The number of hydrogen-bond acceptors (Lipinski definition) is 4. The molecule has 0 aliphatic rings.